The van der Waals surface area contributed by atoms with Crippen LogP contribution in [0.4, 0.5) is 4.39 Å². The summed E-state index contributed by atoms with van der Waals surface area (Å²) in [6.45, 7) is 8.91. The zero-order chi connectivity index (χ0) is 16.9. The molecule has 0 radical (unpaired) electrons. The molecular formula is C21H20FN2+. The Labute approximate surface area is 140 Å². The van der Waals surface area contributed by atoms with E-state index in [1.807, 2.05) is 12.1 Å². The third-order valence-electron chi connectivity index (χ3n) is 6.41. The van der Waals surface area contributed by atoms with E-state index >= 15 is 0 Å². The van der Waals surface area contributed by atoms with Gasteiger partial charge in [0.1, 0.15) is 29.3 Å². The second-order valence-electron chi connectivity index (χ2n) is 7.94. The normalized spacial score (nSPS) is 18.0. The average molecular weight is 319 g/mol. The first-order chi connectivity index (χ1) is 11.3. The summed E-state index contributed by atoms with van der Waals surface area (Å²) in [5, 5.41) is 3.27. The van der Waals surface area contributed by atoms with Crippen molar-refractivity contribution in [3.63, 3.8) is 0 Å². The molecule has 0 spiro atoms. The topological polar surface area (TPSA) is 8.29 Å². The van der Waals surface area contributed by atoms with Gasteiger partial charge in [-0.25, -0.2) is 8.96 Å². The predicted octanol–water partition coefficient (Wildman–Crippen LogP) is 4.70. The molecule has 1 aliphatic heterocycles. The number of pyridine rings is 1. The van der Waals surface area contributed by atoms with Crippen molar-refractivity contribution < 1.29 is 8.96 Å². The Morgan fingerprint density at radius 1 is 1.00 bits per heavy atom. The van der Waals surface area contributed by atoms with Gasteiger partial charge in [0.2, 0.25) is 0 Å². The highest BCUT2D eigenvalue weighted by Gasteiger charge is 2.50. The first-order valence-corrected chi connectivity index (χ1v) is 8.42. The fraction of sp³-hybridized carbons (Fsp3) is 0.286. The summed E-state index contributed by atoms with van der Waals surface area (Å²) in [7, 11) is 0. The molecular weight excluding hydrogens is 299 g/mol. The predicted molar refractivity (Wildman–Crippen MR) is 94.9 cm³/mol. The van der Waals surface area contributed by atoms with E-state index in [0.29, 0.717) is 0 Å². The highest BCUT2D eigenvalue weighted by atomic mass is 19.1. The molecule has 24 heavy (non-hydrogen) atoms. The molecule has 0 amide bonds. The van der Waals surface area contributed by atoms with Crippen LogP contribution in [-0.4, -0.2) is 4.40 Å². The molecule has 4 aromatic rings. The van der Waals surface area contributed by atoms with Gasteiger partial charge in [-0.3, -0.25) is 0 Å². The summed E-state index contributed by atoms with van der Waals surface area (Å²) in [4.78, 5) is 0. The Morgan fingerprint density at radius 3 is 2.54 bits per heavy atom. The minimum atomic E-state index is -0.185. The highest BCUT2D eigenvalue weighted by molar-refractivity contribution is 6.12. The minimum absolute atomic E-state index is 0.155. The van der Waals surface area contributed by atoms with E-state index in [9.17, 15) is 4.39 Å². The van der Waals surface area contributed by atoms with Crippen LogP contribution in [0.15, 0.2) is 48.8 Å². The maximum Gasteiger partial charge on any atom is 0.295 e. The van der Waals surface area contributed by atoms with Crippen molar-refractivity contribution in [3.05, 3.63) is 60.2 Å². The first kappa shape index (κ1) is 14.0. The minimum Gasteiger partial charge on any atom is -0.224 e. The maximum absolute atomic E-state index is 14.5. The van der Waals surface area contributed by atoms with Crippen molar-refractivity contribution in [3.8, 4) is 0 Å². The summed E-state index contributed by atoms with van der Waals surface area (Å²) in [6, 6.07) is 11.7. The molecule has 3 heterocycles. The van der Waals surface area contributed by atoms with Crippen molar-refractivity contribution in [1.29, 1.82) is 0 Å². The van der Waals surface area contributed by atoms with E-state index in [1.165, 1.54) is 5.39 Å². The molecule has 3 heteroatoms. The zero-order valence-corrected chi connectivity index (χ0v) is 14.4. The van der Waals surface area contributed by atoms with Crippen LogP contribution in [0.1, 0.15) is 33.3 Å². The first-order valence-electron chi connectivity index (χ1n) is 8.42. The number of benzene rings is 2. The van der Waals surface area contributed by atoms with Gasteiger partial charge in [-0.05, 0) is 37.6 Å². The number of imidazole rings is 1. The van der Waals surface area contributed by atoms with E-state index in [4.69, 9.17) is 0 Å². The monoisotopic (exact) mass is 319 g/mol. The summed E-state index contributed by atoms with van der Waals surface area (Å²) < 4.78 is 19.1. The van der Waals surface area contributed by atoms with Crippen molar-refractivity contribution in [1.82, 2.24) is 4.40 Å². The van der Waals surface area contributed by atoms with Crippen LogP contribution in [0.5, 0.6) is 0 Å². The molecule has 0 unspecified atom stereocenters. The van der Waals surface area contributed by atoms with Gasteiger partial charge in [0.25, 0.3) is 5.65 Å². The summed E-state index contributed by atoms with van der Waals surface area (Å²) in [6.07, 6.45) is 4.29. The Kier molecular flexibility index (Phi) is 2.31. The van der Waals surface area contributed by atoms with Crippen LogP contribution >= 0.6 is 0 Å². The summed E-state index contributed by atoms with van der Waals surface area (Å²) >= 11 is 0. The molecule has 2 aromatic carbocycles. The maximum atomic E-state index is 14.5. The second-order valence-corrected chi connectivity index (χ2v) is 7.94. The number of nitrogens with zero attached hydrogens (tertiary/aromatic N) is 2. The van der Waals surface area contributed by atoms with Gasteiger partial charge in [-0.2, -0.15) is 4.40 Å². The smallest absolute Gasteiger partial charge is 0.224 e. The standard InChI is InChI=1S/C21H20FN2/c1-20(2)16-12-13(22)11-15-14-7-5-6-8-17(14)23-9-10-24(21(20,3)4)19(23)18(15)16/h5-12H,1-4H3/q+1. The molecule has 0 N–H and O–H groups in total. The fourth-order valence-corrected chi connectivity index (χ4v) is 4.37. The van der Waals surface area contributed by atoms with Gasteiger partial charge < -0.3 is 0 Å². The van der Waals surface area contributed by atoms with Crippen LogP contribution in [0.3, 0.4) is 0 Å². The molecule has 2 aromatic heterocycles. The molecule has 0 bridgehead atoms. The van der Waals surface area contributed by atoms with Crippen LogP contribution in [-0.2, 0) is 11.0 Å². The lowest BCUT2D eigenvalue weighted by molar-refractivity contribution is -0.745. The van der Waals surface area contributed by atoms with Crippen LogP contribution < -0.4 is 4.57 Å². The molecule has 2 nitrogen and oxygen atoms in total. The number of halogens is 1. The number of hydrogen-bond donors (Lipinski definition) is 0. The number of rotatable bonds is 0. The van der Waals surface area contributed by atoms with E-state index in [2.05, 4.69) is 61.2 Å². The van der Waals surface area contributed by atoms with E-state index in [1.54, 1.807) is 12.1 Å². The number of aromatic nitrogens is 2. The van der Waals surface area contributed by atoms with Crippen molar-refractivity contribution in [2.45, 2.75) is 38.6 Å². The van der Waals surface area contributed by atoms with E-state index < -0.39 is 0 Å². The van der Waals surface area contributed by atoms with Crippen LogP contribution in [0.25, 0.3) is 27.3 Å². The van der Waals surface area contributed by atoms with Crippen molar-refractivity contribution in [2.75, 3.05) is 0 Å². The number of para-hydroxylation sites is 1. The Bertz CT molecular complexity index is 1170. The van der Waals surface area contributed by atoms with Crippen LogP contribution in [0.2, 0.25) is 0 Å². The van der Waals surface area contributed by atoms with Crippen LogP contribution in [0, 0.1) is 5.82 Å². The second kappa shape index (κ2) is 3.97. The highest BCUT2D eigenvalue weighted by Crippen LogP contribution is 2.46. The molecule has 0 fully saturated rings. The molecule has 0 atom stereocenters. The van der Waals surface area contributed by atoms with Gasteiger partial charge in [-0.1, -0.05) is 32.0 Å². The Morgan fingerprint density at radius 2 is 1.75 bits per heavy atom. The molecule has 120 valence electrons. The Balaban J connectivity index is 2.22. The lowest BCUT2D eigenvalue weighted by atomic mass is 9.66. The van der Waals surface area contributed by atoms with Gasteiger partial charge >= 0.3 is 0 Å². The quantitative estimate of drug-likeness (QED) is 0.328. The van der Waals surface area contributed by atoms with E-state index in [-0.39, 0.29) is 16.8 Å². The third kappa shape index (κ3) is 1.36. The van der Waals surface area contributed by atoms with E-state index in [0.717, 1.165) is 27.5 Å². The van der Waals surface area contributed by atoms with Gasteiger partial charge in [0, 0.05) is 16.2 Å². The van der Waals surface area contributed by atoms with Crippen molar-refractivity contribution >= 4 is 27.3 Å². The molecule has 1 aliphatic rings. The van der Waals surface area contributed by atoms with Gasteiger partial charge in [-0.15, -0.1) is 0 Å². The molecule has 0 saturated heterocycles. The summed E-state index contributed by atoms with van der Waals surface area (Å²) in [5.74, 6) is -0.157. The SMILES string of the molecule is CC1(C)c2cc(F)cc3c4ccccc4n4cc[n+](c4c23)C1(C)C. The van der Waals surface area contributed by atoms with Gasteiger partial charge in [0.05, 0.1) is 5.39 Å². The summed E-state index contributed by atoms with van der Waals surface area (Å²) in [5.41, 5.74) is 3.03. The average Bonchev–Trinajstić information content (AvgIpc) is 2.99. The van der Waals surface area contributed by atoms with Crippen molar-refractivity contribution in [2.24, 2.45) is 0 Å². The Hall–Kier alpha value is -2.42. The number of hydrogen-bond acceptors (Lipinski definition) is 0. The van der Waals surface area contributed by atoms with Gasteiger partial charge in [0.15, 0.2) is 0 Å². The fourth-order valence-electron chi connectivity index (χ4n) is 4.37. The molecule has 5 rings (SSSR count). The zero-order valence-electron chi connectivity index (χ0n) is 14.4. The lowest BCUT2D eigenvalue weighted by Gasteiger charge is -2.42. The number of fused-ring (bicyclic) bond motifs is 3. The largest absolute Gasteiger partial charge is 0.295 e. The molecule has 0 aliphatic carbocycles. The lowest BCUT2D eigenvalue weighted by Crippen LogP contribution is -2.63. The third-order valence-corrected chi connectivity index (χ3v) is 6.41. The molecule has 0 saturated carbocycles.